The third-order valence-corrected chi connectivity index (χ3v) is 7.12. The minimum atomic E-state index is -0.491. The van der Waals surface area contributed by atoms with Crippen molar-refractivity contribution in [2.75, 3.05) is 13.1 Å². The molecular formula is C27H28BrClN4O4. The molecule has 2 N–H and O–H groups in total. The number of likely N-dealkylation sites (tertiary alicyclic amines) is 1. The number of benzene rings is 2. The molecule has 37 heavy (non-hydrogen) atoms. The maximum absolute atomic E-state index is 12.7. The van der Waals surface area contributed by atoms with Gasteiger partial charge in [0.05, 0.1) is 5.02 Å². The van der Waals surface area contributed by atoms with Crippen LogP contribution in [0.25, 0.3) is 33.5 Å². The monoisotopic (exact) mass is 586 g/mol. The van der Waals surface area contributed by atoms with E-state index >= 15 is 0 Å². The summed E-state index contributed by atoms with van der Waals surface area (Å²) in [6, 6.07) is 11.6. The molecular weight excluding hydrogens is 560 g/mol. The average molecular weight is 588 g/mol. The first-order valence-electron chi connectivity index (χ1n) is 12.2. The normalized spacial score (nSPS) is 15.0. The first-order valence-corrected chi connectivity index (χ1v) is 13.4. The second-order valence-corrected chi connectivity index (χ2v) is 11.6. The van der Waals surface area contributed by atoms with Crippen LogP contribution in [0.1, 0.15) is 39.2 Å². The van der Waals surface area contributed by atoms with E-state index in [0.29, 0.717) is 53.2 Å². The number of nitrogens with zero attached hydrogens (tertiary/aromatic N) is 2. The van der Waals surface area contributed by atoms with Crippen molar-refractivity contribution in [3.63, 3.8) is 0 Å². The summed E-state index contributed by atoms with van der Waals surface area (Å²) in [5.41, 5.74) is 2.09. The largest absolute Gasteiger partial charge is 0.449 e. The van der Waals surface area contributed by atoms with Crippen LogP contribution in [0.15, 0.2) is 50.1 Å². The molecule has 1 amide bonds. The molecule has 194 valence electrons. The van der Waals surface area contributed by atoms with Gasteiger partial charge < -0.3 is 24.4 Å². The van der Waals surface area contributed by atoms with Crippen molar-refractivity contribution >= 4 is 55.7 Å². The molecule has 1 fully saturated rings. The lowest BCUT2D eigenvalue weighted by molar-refractivity contribution is 0.0198. The van der Waals surface area contributed by atoms with Crippen molar-refractivity contribution in [3.05, 3.63) is 61.8 Å². The first-order chi connectivity index (χ1) is 17.6. The Morgan fingerprint density at radius 2 is 2.00 bits per heavy atom. The van der Waals surface area contributed by atoms with E-state index in [1.807, 2.05) is 51.1 Å². The van der Waals surface area contributed by atoms with Gasteiger partial charge in [0.1, 0.15) is 22.5 Å². The zero-order valence-electron chi connectivity index (χ0n) is 20.9. The quantitative estimate of drug-likeness (QED) is 0.293. The Bertz CT molecular complexity index is 1530. The lowest BCUT2D eigenvalue weighted by atomic mass is 10.0. The Labute approximate surface area is 227 Å². The topological polar surface area (TPSA) is 100 Å². The Morgan fingerprint density at radius 1 is 1.24 bits per heavy atom. The molecule has 0 aliphatic carbocycles. The summed E-state index contributed by atoms with van der Waals surface area (Å²) in [6.07, 6.45) is 1.45. The predicted molar refractivity (Wildman–Crippen MR) is 148 cm³/mol. The molecule has 4 aromatic rings. The molecule has 8 nitrogen and oxygen atoms in total. The predicted octanol–water partition coefficient (Wildman–Crippen LogP) is 6.24. The molecule has 1 aliphatic rings. The second-order valence-electron chi connectivity index (χ2n) is 10.3. The number of hydrogen-bond donors (Lipinski definition) is 2. The van der Waals surface area contributed by atoms with Gasteiger partial charge in [-0.05, 0) is 69.5 Å². The fourth-order valence-electron chi connectivity index (χ4n) is 4.47. The number of aromatic amines is 1. The summed E-state index contributed by atoms with van der Waals surface area (Å²) in [5, 5.41) is 4.81. The summed E-state index contributed by atoms with van der Waals surface area (Å²) in [5.74, 6) is 0.388. The van der Waals surface area contributed by atoms with Crippen LogP contribution < -0.4 is 10.9 Å². The number of halogens is 2. The third kappa shape index (κ3) is 5.68. The van der Waals surface area contributed by atoms with E-state index in [4.69, 9.17) is 20.8 Å². The van der Waals surface area contributed by atoms with Crippen LogP contribution in [0.5, 0.6) is 0 Å². The average Bonchev–Trinajstić information content (AvgIpc) is 3.20. The fraction of sp³-hybridized carbons (Fsp3) is 0.370. The molecule has 2 aromatic carbocycles. The maximum Gasteiger partial charge on any atom is 0.410 e. The van der Waals surface area contributed by atoms with Gasteiger partial charge >= 0.3 is 6.09 Å². The van der Waals surface area contributed by atoms with Gasteiger partial charge in [-0.3, -0.25) is 4.79 Å². The lowest BCUT2D eigenvalue weighted by Gasteiger charge is -2.33. The highest BCUT2D eigenvalue weighted by Gasteiger charge is 2.26. The summed E-state index contributed by atoms with van der Waals surface area (Å²) in [4.78, 5) is 34.2. The molecule has 5 rings (SSSR count). The summed E-state index contributed by atoms with van der Waals surface area (Å²) >= 11 is 10.1. The van der Waals surface area contributed by atoms with Gasteiger partial charge in [0.2, 0.25) is 5.58 Å². The number of hydrogen-bond acceptors (Lipinski definition) is 6. The SMILES string of the molecule is CC(C)(C)OC(=O)N1CCC(NCc2ccc(-c3nc4c(oc5ccc(Br)cc54)c(=O)[nH]3)c(Cl)c2)CC1. The highest BCUT2D eigenvalue weighted by Crippen LogP contribution is 2.31. The van der Waals surface area contributed by atoms with Crippen molar-refractivity contribution in [2.24, 2.45) is 0 Å². The van der Waals surface area contributed by atoms with Crippen molar-refractivity contribution in [1.29, 1.82) is 0 Å². The van der Waals surface area contributed by atoms with Gasteiger partial charge in [0.15, 0.2) is 0 Å². The number of ether oxygens (including phenoxy) is 1. The van der Waals surface area contributed by atoms with E-state index in [2.05, 4.69) is 31.2 Å². The Balaban J connectivity index is 1.26. The highest BCUT2D eigenvalue weighted by molar-refractivity contribution is 9.10. The number of aromatic nitrogens is 2. The minimum Gasteiger partial charge on any atom is -0.449 e. The Hall–Kier alpha value is -2.88. The first kappa shape index (κ1) is 25.8. The molecule has 0 unspecified atom stereocenters. The van der Waals surface area contributed by atoms with Gasteiger partial charge in [-0.1, -0.05) is 33.6 Å². The van der Waals surface area contributed by atoms with Gasteiger partial charge in [-0.25, -0.2) is 9.78 Å². The van der Waals surface area contributed by atoms with Crippen LogP contribution in [0.2, 0.25) is 5.02 Å². The van der Waals surface area contributed by atoms with E-state index < -0.39 is 5.60 Å². The van der Waals surface area contributed by atoms with Gasteiger partial charge in [-0.2, -0.15) is 0 Å². The fourth-order valence-corrected chi connectivity index (χ4v) is 5.12. The number of rotatable bonds is 4. The Kier molecular flexibility index (Phi) is 7.04. The molecule has 2 aromatic heterocycles. The van der Waals surface area contributed by atoms with Crippen molar-refractivity contribution in [1.82, 2.24) is 20.2 Å². The molecule has 3 heterocycles. The summed E-state index contributed by atoms with van der Waals surface area (Å²) in [7, 11) is 0. The number of fused-ring (bicyclic) bond motifs is 3. The summed E-state index contributed by atoms with van der Waals surface area (Å²) in [6.45, 7) is 7.58. The molecule has 0 spiro atoms. The number of piperidine rings is 1. The van der Waals surface area contributed by atoms with Crippen molar-refractivity contribution < 1.29 is 13.9 Å². The van der Waals surface area contributed by atoms with E-state index in [1.54, 1.807) is 11.0 Å². The van der Waals surface area contributed by atoms with Crippen LogP contribution in [-0.4, -0.2) is 45.7 Å². The molecule has 0 radical (unpaired) electrons. The number of amides is 1. The number of H-pyrrole nitrogens is 1. The molecule has 1 saturated heterocycles. The third-order valence-electron chi connectivity index (χ3n) is 6.32. The lowest BCUT2D eigenvalue weighted by Crippen LogP contribution is -2.46. The second kappa shape index (κ2) is 10.1. The Morgan fingerprint density at radius 3 is 2.70 bits per heavy atom. The van der Waals surface area contributed by atoms with Crippen LogP contribution >= 0.6 is 27.5 Å². The van der Waals surface area contributed by atoms with Crippen LogP contribution in [0, 0.1) is 0 Å². The van der Waals surface area contributed by atoms with Crippen LogP contribution in [0.4, 0.5) is 4.79 Å². The number of carbonyl (C=O) groups is 1. The molecule has 0 atom stereocenters. The smallest absolute Gasteiger partial charge is 0.410 e. The van der Waals surface area contributed by atoms with Crippen molar-refractivity contribution in [3.8, 4) is 11.4 Å². The molecule has 0 bridgehead atoms. The zero-order chi connectivity index (χ0) is 26.3. The standard InChI is InChI=1S/C27H28BrClN4O4/c1-27(2,3)37-26(35)33-10-8-17(9-11-33)30-14-15-4-6-18(20(29)12-15)24-31-22-19-13-16(28)5-7-21(19)36-23(22)25(34)32-24/h4-7,12-13,17,30H,8-11,14H2,1-3H3,(H,31,32,34). The van der Waals surface area contributed by atoms with Gasteiger partial charge in [-0.15, -0.1) is 0 Å². The van der Waals surface area contributed by atoms with E-state index in [-0.39, 0.29) is 17.2 Å². The van der Waals surface area contributed by atoms with E-state index in [0.717, 1.165) is 28.3 Å². The summed E-state index contributed by atoms with van der Waals surface area (Å²) < 4.78 is 12.1. The van der Waals surface area contributed by atoms with Crippen molar-refractivity contribution in [2.45, 2.75) is 51.8 Å². The molecule has 10 heteroatoms. The van der Waals surface area contributed by atoms with Crippen LogP contribution in [0.3, 0.4) is 0 Å². The zero-order valence-corrected chi connectivity index (χ0v) is 23.2. The number of carbonyl (C=O) groups excluding carboxylic acids is 1. The molecule has 1 aliphatic heterocycles. The van der Waals surface area contributed by atoms with Gasteiger partial charge in [0, 0.05) is 41.1 Å². The van der Waals surface area contributed by atoms with Crippen LogP contribution in [-0.2, 0) is 11.3 Å². The van der Waals surface area contributed by atoms with E-state index in [1.165, 1.54) is 0 Å². The highest BCUT2D eigenvalue weighted by atomic mass is 79.9. The molecule has 0 saturated carbocycles. The number of nitrogens with one attached hydrogen (secondary N) is 2. The number of furan rings is 1. The minimum absolute atomic E-state index is 0.187. The van der Waals surface area contributed by atoms with Gasteiger partial charge in [0.25, 0.3) is 5.56 Å². The van der Waals surface area contributed by atoms with E-state index in [9.17, 15) is 9.59 Å². The maximum atomic E-state index is 12.7.